The van der Waals surface area contributed by atoms with Crippen LogP contribution in [0.3, 0.4) is 0 Å². The van der Waals surface area contributed by atoms with Crippen molar-refractivity contribution in [2.75, 3.05) is 63.9 Å². The van der Waals surface area contributed by atoms with E-state index in [1.165, 1.54) is 38.4 Å². The molecule has 0 radical (unpaired) electrons. The predicted molar refractivity (Wildman–Crippen MR) is 163 cm³/mol. The van der Waals surface area contributed by atoms with Gasteiger partial charge in [-0.3, -0.25) is 19.3 Å². The number of hydrogen-bond acceptors (Lipinski definition) is 8. The van der Waals surface area contributed by atoms with Gasteiger partial charge in [-0.25, -0.2) is 8.42 Å². The quantitative estimate of drug-likeness (QED) is 0.270. The molecule has 11 nitrogen and oxygen atoms in total. The minimum atomic E-state index is -3.85. The summed E-state index contributed by atoms with van der Waals surface area (Å²) in [4.78, 5) is 47.2. The second-order valence-corrected chi connectivity index (χ2v) is 13.5. The first kappa shape index (κ1) is 30.4. The molecule has 1 atom stereocenters. The highest BCUT2D eigenvalue weighted by Gasteiger charge is 2.66. The van der Waals surface area contributed by atoms with Crippen LogP contribution in [-0.2, 0) is 34.7 Å². The maximum Gasteiger partial charge on any atom is 0.296 e. The molecule has 1 spiro atoms. The minimum Gasteiger partial charge on any atom is -0.507 e. The van der Waals surface area contributed by atoms with Crippen molar-refractivity contribution < 1.29 is 32.6 Å². The zero-order chi connectivity index (χ0) is 31.1. The van der Waals surface area contributed by atoms with E-state index in [1.807, 2.05) is 6.92 Å². The van der Waals surface area contributed by atoms with Crippen molar-refractivity contribution in [1.29, 1.82) is 0 Å². The maximum atomic E-state index is 14.5. The van der Waals surface area contributed by atoms with Crippen LogP contribution >= 0.6 is 0 Å². The fourth-order valence-corrected chi connectivity index (χ4v) is 8.52. The minimum absolute atomic E-state index is 0.0226. The molecule has 3 saturated heterocycles. The molecule has 44 heavy (non-hydrogen) atoms. The number of hydrogen-bond donors (Lipinski definition) is 1. The number of carbonyl (C=O) groups is 3. The molecule has 6 rings (SSSR count). The van der Waals surface area contributed by atoms with Gasteiger partial charge in [0.25, 0.3) is 17.6 Å². The van der Waals surface area contributed by atoms with Crippen molar-refractivity contribution in [3.63, 3.8) is 0 Å². The lowest BCUT2D eigenvalue weighted by Gasteiger charge is -2.35. The average Bonchev–Trinajstić information content (AvgIpc) is 3.43. The third kappa shape index (κ3) is 4.84. The molecule has 1 unspecified atom stereocenters. The van der Waals surface area contributed by atoms with Gasteiger partial charge >= 0.3 is 0 Å². The van der Waals surface area contributed by atoms with Gasteiger partial charge in [-0.1, -0.05) is 36.8 Å². The van der Waals surface area contributed by atoms with Crippen LogP contribution in [0.4, 0.5) is 5.69 Å². The number of aliphatic hydroxyl groups is 1. The molecule has 3 fully saturated rings. The van der Waals surface area contributed by atoms with Crippen LogP contribution in [0.1, 0.15) is 43.7 Å². The van der Waals surface area contributed by atoms with E-state index >= 15 is 0 Å². The maximum absolute atomic E-state index is 14.5. The Kier molecular flexibility index (Phi) is 8.35. The topological polar surface area (TPSA) is 128 Å². The number of nitrogens with zero attached hydrogens (tertiary/aromatic N) is 4. The van der Waals surface area contributed by atoms with E-state index in [-0.39, 0.29) is 22.6 Å². The summed E-state index contributed by atoms with van der Waals surface area (Å²) in [7, 11) is -3.85. The van der Waals surface area contributed by atoms with Crippen LogP contribution in [0.25, 0.3) is 5.76 Å². The summed E-state index contributed by atoms with van der Waals surface area (Å²) in [5.41, 5.74) is -1.16. The van der Waals surface area contributed by atoms with Crippen LogP contribution in [0.2, 0.25) is 0 Å². The number of morpholine rings is 1. The number of ketones is 1. The van der Waals surface area contributed by atoms with Gasteiger partial charge in [0, 0.05) is 56.9 Å². The molecule has 2 aromatic rings. The van der Waals surface area contributed by atoms with Crippen LogP contribution in [0.5, 0.6) is 0 Å². The summed E-state index contributed by atoms with van der Waals surface area (Å²) in [6, 6.07) is 12.8. The number of anilines is 1. The van der Waals surface area contributed by atoms with Gasteiger partial charge in [-0.2, -0.15) is 4.31 Å². The van der Waals surface area contributed by atoms with Gasteiger partial charge < -0.3 is 19.6 Å². The third-order valence-electron chi connectivity index (χ3n) is 9.15. The number of fused-ring (bicyclic) bond motifs is 2. The summed E-state index contributed by atoms with van der Waals surface area (Å²) in [6.07, 6.45) is 3.00. The molecule has 4 aliphatic heterocycles. The third-order valence-corrected chi connectivity index (χ3v) is 11.0. The van der Waals surface area contributed by atoms with E-state index < -0.39 is 38.9 Å². The molecule has 0 aliphatic carbocycles. The molecule has 0 saturated carbocycles. The highest BCUT2D eigenvalue weighted by Crippen LogP contribution is 2.53. The van der Waals surface area contributed by atoms with E-state index in [4.69, 9.17) is 4.74 Å². The lowest BCUT2D eigenvalue weighted by Crippen LogP contribution is -2.52. The first-order chi connectivity index (χ1) is 21.2. The Hall–Kier alpha value is -3.58. The average molecular weight is 623 g/mol. The van der Waals surface area contributed by atoms with Crippen molar-refractivity contribution in [2.24, 2.45) is 0 Å². The lowest BCUT2D eigenvalue weighted by molar-refractivity contribution is -0.143. The smallest absolute Gasteiger partial charge is 0.296 e. The monoisotopic (exact) mass is 622 g/mol. The highest BCUT2D eigenvalue weighted by atomic mass is 32.2. The summed E-state index contributed by atoms with van der Waals surface area (Å²) < 4.78 is 33.8. The summed E-state index contributed by atoms with van der Waals surface area (Å²) in [6.45, 7) is 6.43. The lowest BCUT2D eigenvalue weighted by atomic mass is 9.82. The fourth-order valence-electron chi connectivity index (χ4n) is 6.96. The Morgan fingerprint density at radius 3 is 2.39 bits per heavy atom. The number of benzene rings is 2. The molecule has 1 N–H and O–H groups in total. The second-order valence-electron chi connectivity index (χ2n) is 11.6. The van der Waals surface area contributed by atoms with Gasteiger partial charge in [0.15, 0.2) is 5.54 Å². The predicted octanol–water partition coefficient (Wildman–Crippen LogP) is 2.53. The number of Topliss-reactive ketones (excluding diaryl/α,β-unsaturated/α-hetero) is 1. The fraction of sp³-hybridized carbons (Fsp3) is 0.469. The molecule has 4 heterocycles. The van der Waals surface area contributed by atoms with Gasteiger partial charge in [-0.05, 0) is 44.4 Å². The van der Waals surface area contributed by atoms with E-state index in [9.17, 15) is 27.9 Å². The molecule has 12 heteroatoms. The van der Waals surface area contributed by atoms with Crippen LogP contribution in [0, 0.1) is 0 Å². The molecular weight excluding hydrogens is 584 g/mol. The number of aliphatic hydroxyl groups excluding tert-OH is 1. The van der Waals surface area contributed by atoms with Crippen molar-refractivity contribution in [3.8, 4) is 0 Å². The van der Waals surface area contributed by atoms with E-state index in [1.54, 1.807) is 24.3 Å². The number of amides is 2. The Morgan fingerprint density at radius 2 is 1.66 bits per heavy atom. The first-order valence-electron chi connectivity index (χ1n) is 15.3. The van der Waals surface area contributed by atoms with Crippen LogP contribution < -0.4 is 4.90 Å². The molecule has 234 valence electrons. The number of para-hydroxylation sites is 1. The summed E-state index contributed by atoms with van der Waals surface area (Å²) in [5.74, 6) is -2.91. The van der Waals surface area contributed by atoms with Gasteiger partial charge in [0.2, 0.25) is 10.0 Å². The molecule has 4 aliphatic rings. The number of likely N-dealkylation sites (tertiary alicyclic amines) is 1. The Balaban J connectivity index is 1.46. The highest BCUT2D eigenvalue weighted by molar-refractivity contribution is 7.89. The molecule has 0 bridgehead atoms. The Bertz CT molecular complexity index is 1610. The largest absolute Gasteiger partial charge is 0.507 e. The first-order valence-corrected chi connectivity index (χ1v) is 16.8. The van der Waals surface area contributed by atoms with Crippen molar-refractivity contribution in [3.05, 3.63) is 65.2 Å². The van der Waals surface area contributed by atoms with Gasteiger partial charge in [0.05, 0.1) is 29.4 Å². The molecule has 0 aromatic heterocycles. The summed E-state index contributed by atoms with van der Waals surface area (Å²) >= 11 is 0. The molecular formula is C32H38N4O7S. The molecule has 2 amide bonds. The number of piperidine rings is 1. The van der Waals surface area contributed by atoms with E-state index in [0.717, 1.165) is 32.4 Å². The standard InChI is InChI=1S/C32H38N4O7S/c1-2-35-26-13-5-4-12-25(26)32(31(35)40)27(29(38)30(39)36(32)17-9-14-33-18-20-43-21-19-33)28(37)23-10-8-11-24(22-23)44(41,42)34-15-6-3-7-16-34/h4-5,8,10-13,22,37H,2-3,6-7,9,14-21H2,1H3/b28-27+. The number of sulfonamides is 1. The van der Waals surface area contributed by atoms with Crippen LogP contribution in [0.15, 0.2) is 59.0 Å². The number of ether oxygens (including phenoxy) is 1. The molecule has 2 aromatic carbocycles. The van der Waals surface area contributed by atoms with Crippen molar-refractivity contribution in [1.82, 2.24) is 14.1 Å². The van der Waals surface area contributed by atoms with E-state index in [0.29, 0.717) is 57.1 Å². The number of likely N-dealkylation sites (N-methyl/N-ethyl adjacent to an activating group) is 1. The normalized spacial score (nSPS) is 24.4. The van der Waals surface area contributed by atoms with E-state index in [2.05, 4.69) is 4.90 Å². The van der Waals surface area contributed by atoms with Crippen molar-refractivity contribution >= 4 is 39.1 Å². The Morgan fingerprint density at radius 1 is 0.932 bits per heavy atom. The van der Waals surface area contributed by atoms with Gasteiger partial charge in [0.1, 0.15) is 5.76 Å². The number of carbonyl (C=O) groups excluding carboxylic acids is 3. The zero-order valence-electron chi connectivity index (χ0n) is 24.9. The van der Waals surface area contributed by atoms with Crippen LogP contribution in [-0.4, -0.2) is 104 Å². The SMILES string of the molecule is CCN1C(=O)C2(/C(=C(/O)c3cccc(S(=O)(=O)N4CCCCC4)c3)C(=O)C(=O)N2CCCN2CCOCC2)c2ccccc21. The second kappa shape index (κ2) is 12.1. The van der Waals surface area contributed by atoms with Crippen molar-refractivity contribution in [2.45, 2.75) is 43.0 Å². The van der Waals surface area contributed by atoms with Gasteiger partial charge in [-0.15, -0.1) is 0 Å². The Labute approximate surface area is 257 Å². The summed E-state index contributed by atoms with van der Waals surface area (Å²) in [5, 5.41) is 11.9. The number of rotatable bonds is 8. The zero-order valence-corrected chi connectivity index (χ0v) is 25.7.